The van der Waals surface area contributed by atoms with Gasteiger partial charge in [0.1, 0.15) is 5.56 Å². The molecule has 0 unspecified atom stereocenters. The van der Waals surface area contributed by atoms with Crippen molar-refractivity contribution in [2.75, 3.05) is 0 Å². The molecule has 1 heterocycles. The summed E-state index contributed by atoms with van der Waals surface area (Å²) in [5.74, 6) is 0.309. The standard InChI is InChI=1S/C18H16N2O2/c1-19-16(14-11-7-4-8-12-14)20(2)18(22)15(17(19)21)13-9-5-3-6-10-13/h3-12H,1-2H3. The van der Waals surface area contributed by atoms with E-state index in [4.69, 9.17) is 0 Å². The van der Waals surface area contributed by atoms with Gasteiger partial charge < -0.3 is 5.11 Å². The molecule has 0 bridgehead atoms. The lowest BCUT2D eigenvalue weighted by molar-refractivity contribution is -0.707. The quantitative estimate of drug-likeness (QED) is 0.674. The van der Waals surface area contributed by atoms with Crippen LogP contribution in [0, 0.1) is 0 Å². The predicted octanol–water partition coefficient (Wildman–Crippen LogP) is 1.62. The van der Waals surface area contributed by atoms with Gasteiger partial charge in [0.05, 0.1) is 25.5 Å². The highest BCUT2D eigenvalue weighted by Crippen LogP contribution is 2.23. The fourth-order valence-electron chi connectivity index (χ4n) is 2.67. The van der Waals surface area contributed by atoms with Gasteiger partial charge in [0.25, 0.3) is 5.82 Å². The van der Waals surface area contributed by atoms with Crippen molar-refractivity contribution in [2.24, 2.45) is 14.1 Å². The summed E-state index contributed by atoms with van der Waals surface area (Å²) in [7, 11) is 3.38. The maximum absolute atomic E-state index is 12.7. The fraction of sp³-hybridized carbons (Fsp3) is 0.111. The summed E-state index contributed by atoms with van der Waals surface area (Å²) >= 11 is 0. The van der Waals surface area contributed by atoms with Crippen LogP contribution in [0.5, 0.6) is 5.88 Å². The van der Waals surface area contributed by atoms with Crippen LogP contribution in [0.2, 0.25) is 0 Å². The number of hydrogen-bond acceptors (Lipinski definition) is 2. The molecule has 3 aromatic rings. The second-order valence-electron chi connectivity index (χ2n) is 5.16. The molecule has 0 amide bonds. The first-order valence-electron chi connectivity index (χ1n) is 7.02. The zero-order chi connectivity index (χ0) is 15.7. The van der Waals surface area contributed by atoms with Gasteiger partial charge in [-0.1, -0.05) is 48.5 Å². The summed E-state index contributed by atoms with van der Waals surface area (Å²) in [6, 6.07) is 18.5. The van der Waals surface area contributed by atoms with Gasteiger partial charge in [-0.05, 0) is 17.7 Å². The number of benzene rings is 2. The third kappa shape index (κ3) is 2.19. The fourth-order valence-corrected chi connectivity index (χ4v) is 2.67. The Morgan fingerprint density at radius 1 is 0.909 bits per heavy atom. The van der Waals surface area contributed by atoms with E-state index in [-0.39, 0.29) is 17.0 Å². The van der Waals surface area contributed by atoms with E-state index in [0.717, 1.165) is 5.56 Å². The van der Waals surface area contributed by atoms with Gasteiger partial charge >= 0.3 is 5.56 Å². The highest BCUT2D eigenvalue weighted by atomic mass is 16.3. The number of rotatable bonds is 2. The zero-order valence-electron chi connectivity index (χ0n) is 12.5. The van der Waals surface area contributed by atoms with Gasteiger partial charge in [-0.2, -0.15) is 4.57 Å². The topological polar surface area (TPSA) is 48.9 Å². The van der Waals surface area contributed by atoms with Crippen LogP contribution in [0.1, 0.15) is 0 Å². The van der Waals surface area contributed by atoms with E-state index < -0.39 is 0 Å². The minimum Gasteiger partial charge on any atom is -0.842 e. The molecule has 0 radical (unpaired) electrons. The van der Waals surface area contributed by atoms with E-state index in [1.165, 1.54) is 9.13 Å². The van der Waals surface area contributed by atoms with Gasteiger partial charge in [0, 0.05) is 0 Å². The maximum atomic E-state index is 12.7. The molecule has 0 saturated heterocycles. The molecular formula is C18H16N2O2. The molecule has 2 aromatic carbocycles. The molecule has 110 valence electrons. The van der Waals surface area contributed by atoms with Crippen LogP contribution < -0.4 is 15.2 Å². The van der Waals surface area contributed by atoms with Gasteiger partial charge in [-0.3, -0.25) is 0 Å². The summed E-state index contributed by atoms with van der Waals surface area (Å²) in [5.41, 5.74) is 1.39. The molecule has 0 aliphatic rings. The average Bonchev–Trinajstić information content (AvgIpc) is 2.55. The monoisotopic (exact) mass is 292 g/mol. The van der Waals surface area contributed by atoms with E-state index in [2.05, 4.69) is 0 Å². The molecule has 3 rings (SSSR count). The maximum Gasteiger partial charge on any atom is 0.344 e. The van der Waals surface area contributed by atoms with E-state index >= 15 is 0 Å². The largest absolute Gasteiger partial charge is 0.842 e. The van der Waals surface area contributed by atoms with Crippen molar-refractivity contribution in [1.29, 1.82) is 0 Å². The SMILES string of the molecule is Cn1c(-c2ccccc2)[n+](C)c([O-])c(-c2ccccc2)c1=O. The van der Waals surface area contributed by atoms with Crippen LogP contribution in [0.15, 0.2) is 65.5 Å². The van der Waals surface area contributed by atoms with Crippen molar-refractivity contribution in [3.63, 3.8) is 0 Å². The van der Waals surface area contributed by atoms with Gasteiger partial charge in [0.2, 0.25) is 0 Å². The van der Waals surface area contributed by atoms with Gasteiger partial charge in [-0.25, -0.2) is 9.36 Å². The first kappa shape index (κ1) is 14.1. The predicted molar refractivity (Wildman–Crippen MR) is 83.2 cm³/mol. The summed E-state index contributed by atoms with van der Waals surface area (Å²) in [6.07, 6.45) is 0. The molecular weight excluding hydrogens is 276 g/mol. The summed E-state index contributed by atoms with van der Waals surface area (Å²) in [4.78, 5) is 12.7. The van der Waals surface area contributed by atoms with Crippen LogP contribution in [0.4, 0.5) is 0 Å². The highest BCUT2D eigenvalue weighted by molar-refractivity contribution is 5.67. The number of aromatic nitrogens is 2. The van der Waals surface area contributed by atoms with E-state index in [1.54, 1.807) is 26.2 Å². The van der Waals surface area contributed by atoms with Gasteiger partial charge in [0.15, 0.2) is 0 Å². The Labute approximate surface area is 128 Å². The van der Waals surface area contributed by atoms with Crippen molar-refractivity contribution in [3.05, 3.63) is 71.0 Å². The van der Waals surface area contributed by atoms with Crippen LogP contribution >= 0.6 is 0 Å². The first-order valence-corrected chi connectivity index (χ1v) is 7.02. The average molecular weight is 292 g/mol. The Morgan fingerprint density at radius 2 is 1.41 bits per heavy atom. The third-order valence-electron chi connectivity index (χ3n) is 3.77. The minimum atomic E-state index is -0.284. The van der Waals surface area contributed by atoms with E-state index in [9.17, 15) is 9.90 Å². The first-order chi connectivity index (χ1) is 10.6. The van der Waals surface area contributed by atoms with Gasteiger partial charge in [-0.15, -0.1) is 0 Å². The molecule has 22 heavy (non-hydrogen) atoms. The van der Waals surface area contributed by atoms with Crippen LogP contribution in [-0.4, -0.2) is 4.57 Å². The molecule has 0 aliphatic heterocycles. The second kappa shape index (κ2) is 5.48. The summed E-state index contributed by atoms with van der Waals surface area (Å²) in [6.45, 7) is 0. The van der Waals surface area contributed by atoms with E-state index in [0.29, 0.717) is 11.4 Å². The van der Waals surface area contributed by atoms with Crippen LogP contribution in [0.3, 0.4) is 0 Å². The Hall–Kier alpha value is -2.88. The lowest BCUT2D eigenvalue weighted by Crippen LogP contribution is -2.43. The Balaban J connectivity index is 2.34. The minimum absolute atomic E-state index is 0.199. The lowest BCUT2D eigenvalue weighted by Gasteiger charge is -2.17. The van der Waals surface area contributed by atoms with Crippen molar-refractivity contribution in [1.82, 2.24) is 4.57 Å². The van der Waals surface area contributed by atoms with Crippen molar-refractivity contribution in [3.8, 4) is 28.4 Å². The lowest BCUT2D eigenvalue weighted by atomic mass is 10.1. The summed E-state index contributed by atoms with van der Waals surface area (Å²) < 4.78 is 3.05. The van der Waals surface area contributed by atoms with Crippen molar-refractivity contribution < 1.29 is 9.67 Å². The summed E-state index contributed by atoms with van der Waals surface area (Å²) in [5, 5.41) is 12.7. The third-order valence-corrected chi connectivity index (χ3v) is 3.77. The smallest absolute Gasteiger partial charge is 0.344 e. The zero-order valence-corrected chi connectivity index (χ0v) is 12.5. The van der Waals surface area contributed by atoms with Crippen molar-refractivity contribution >= 4 is 0 Å². The molecule has 0 aliphatic carbocycles. The normalized spacial score (nSPS) is 10.6. The number of hydrogen-bond donors (Lipinski definition) is 0. The molecule has 0 spiro atoms. The molecule has 1 aromatic heterocycles. The highest BCUT2D eigenvalue weighted by Gasteiger charge is 2.21. The Kier molecular flexibility index (Phi) is 3.51. The molecule has 0 saturated carbocycles. The van der Waals surface area contributed by atoms with Crippen LogP contribution in [0.25, 0.3) is 22.5 Å². The van der Waals surface area contributed by atoms with Crippen LogP contribution in [-0.2, 0) is 14.1 Å². The Morgan fingerprint density at radius 3 is 1.95 bits per heavy atom. The molecule has 4 nitrogen and oxygen atoms in total. The van der Waals surface area contributed by atoms with Crippen molar-refractivity contribution in [2.45, 2.75) is 0 Å². The molecule has 0 fully saturated rings. The molecule has 0 atom stereocenters. The second-order valence-corrected chi connectivity index (χ2v) is 5.16. The molecule has 4 heteroatoms. The Bertz CT molecular complexity index is 869. The number of nitrogens with zero attached hydrogens (tertiary/aromatic N) is 2. The van der Waals surface area contributed by atoms with E-state index in [1.807, 2.05) is 48.5 Å². The molecule has 0 N–H and O–H groups in total.